The lowest BCUT2D eigenvalue weighted by molar-refractivity contribution is -0.122. The lowest BCUT2D eigenvalue weighted by Crippen LogP contribution is -2.50. The number of carbonyl (C=O) groups is 1. The van der Waals surface area contributed by atoms with Crippen molar-refractivity contribution in [3.8, 4) is 0 Å². The number of amides is 1. The molecule has 0 heterocycles. The molecule has 30 heavy (non-hydrogen) atoms. The third-order valence-corrected chi connectivity index (χ3v) is 6.90. The van der Waals surface area contributed by atoms with Crippen molar-refractivity contribution in [2.24, 2.45) is 0 Å². The van der Waals surface area contributed by atoms with E-state index in [0.717, 1.165) is 27.3 Å². The first-order valence-electron chi connectivity index (χ1n) is 9.69. The van der Waals surface area contributed by atoms with Gasteiger partial charge in [0.2, 0.25) is 15.9 Å². The monoisotopic (exact) mass is 470 g/mol. The summed E-state index contributed by atoms with van der Waals surface area (Å²) < 4.78 is 26.3. The number of aryl methyl sites for hydroxylation is 3. The predicted octanol–water partition coefficient (Wildman–Crippen LogP) is 5.34. The summed E-state index contributed by atoms with van der Waals surface area (Å²) in [6.45, 7) is 9.71. The summed E-state index contributed by atoms with van der Waals surface area (Å²) in [7, 11) is -3.81. The minimum atomic E-state index is -3.81. The molecule has 0 fully saturated rings. The third-order valence-electron chi connectivity index (χ3n) is 5.18. The SMILES string of the molecule is CC[C@H](C(=O)N[C@H](C)c1cc(C)c(C)cc1C)N(c1cc(Cl)ccc1Cl)S(C)(=O)=O. The summed E-state index contributed by atoms with van der Waals surface area (Å²) >= 11 is 12.3. The van der Waals surface area contributed by atoms with Crippen molar-refractivity contribution < 1.29 is 13.2 Å². The van der Waals surface area contributed by atoms with Crippen molar-refractivity contribution >= 4 is 44.8 Å². The van der Waals surface area contributed by atoms with Crippen LogP contribution in [0.15, 0.2) is 30.3 Å². The van der Waals surface area contributed by atoms with Crippen LogP contribution in [-0.4, -0.2) is 26.6 Å². The van der Waals surface area contributed by atoms with Gasteiger partial charge in [-0.3, -0.25) is 9.10 Å². The molecule has 0 saturated heterocycles. The Kier molecular flexibility index (Phi) is 7.83. The van der Waals surface area contributed by atoms with Gasteiger partial charge in [-0.1, -0.05) is 42.3 Å². The Balaban J connectivity index is 2.41. The number of nitrogens with zero attached hydrogens (tertiary/aromatic N) is 1. The first-order valence-corrected chi connectivity index (χ1v) is 12.3. The Morgan fingerprint density at radius 3 is 2.23 bits per heavy atom. The average molecular weight is 471 g/mol. The molecule has 2 aromatic carbocycles. The van der Waals surface area contributed by atoms with Gasteiger partial charge in [-0.2, -0.15) is 0 Å². The van der Waals surface area contributed by atoms with Gasteiger partial charge in [0.15, 0.2) is 0 Å². The molecule has 0 spiro atoms. The highest BCUT2D eigenvalue weighted by molar-refractivity contribution is 7.92. The zero-order valence-electron chi connectivity index (χ0n) is 18.1. The average Bonchev–Trinajstić information content (AvgIpc) is 2.63. The van der Waals surface area contributed by atoms with Gasteiger partial charge in [0.05, 0.1) is 23.0 Å². The number of hydrogen-bond acceptors (Lipinski definition) is 3. The van der Waals surface area contributed by atoms with Gasteiger partial charge in [0.25, 0.3) is 0 Å². The lowest BCUT2D eigenvalue weighted by Gasteiger charge is -2.32. The Labute approximate surface area is 189 Å². The van der Waals surface area contributed by atoms with Crippen molar-refractivity contribution in [2.75, 3.05) is 10.6 Å². The summed E-state index contributed by atoms with van der Waals surface area (Å²) in [6.07, 6.45) is 1.32. The molecule has 0 bridgehead atoms. The summed E-state index contributed by atoms with van der Waals surface area (Å²) in [4.78, 5) is 13.2. The number of halogens is 2. The van der Waals surface area contributed by atoms with Gasteiger partial charge in [-0.15, -0.1) is 0 Å². The summed E-state index contributed by atoms with van der Waals surface area (Å²) in [5.41, 5.74) is 4.56. The molecule has 1 amide bonds. The Hall–Kier alpha value is -1.76. The van der Waals surface area contributed by atoms with Gasteiger partial charge >= 0.3 is 0 Å². The van der Waals surface area contributed by atoms with Gasteiger partial charge in [-0.25, -0.2) is 8.42 Å². The van der Waals surface area contributed by atoms with E-state index in [9.17, 15) is 13.2 Å². The molecule has 0 saturated carbocycles. The van der Waals surface area contributed by atoms with E-state index in [1.54, 1.807) is 13.0 Å². The first-order chi connectivity index (χ1) is 13.9. The topological polar surface area (TPSA) is 66.5 Å². The maximum Gasteiger partial charge on any atom is 0.244 e. The van der Waals surface area contributed by atoms with Gasteiger partial charge in [-0.05, 0) is 74.6 Å². The van der Waals surface area contributed by atoms with Crippen molar-refractivity contribution in [1.82, 2.24) is 5.32 Å². The molecule has 5 nitrogen and oxygen atoms in total. The predicted molar refractivity (Wildman–Crippen MR) is 125 cm³/mol. The molecule has 2 rings (SSSR count). The molecule has 0 aliphatic heterocycles. The van der Waals surface area contributed by atoms with E-state index in [1.807, 2.05) is 27.7 Å². The molecule has 0 aliphatic carbocycles. The maximum absolute atomic E-state index is 13.2. The number of nitrogens with one attached hydrogen (secondary N) is 1. The van der Waals surface area contributed by atoms with Gasteiger partial charge in [0, 0.05) is 5.02 Å². The van der Waals surface area contributed by atoms with Crippen LogP contribution in [0.4, 0.5) is 5.69 Å². The number of benzene rings is 2. The number of rotatable bonds is 7. The van der Waals surface area contributed by atoms with Crippen LogP contribution in [0.1, 0.15) is 48.6 Å². The van der Waals surface area contributed by atoms with Crippen molar-refractivity contribution in [3.63, 3.8) is 0 Å². The minimum Gasteiger partial charge on any atom is -0.348 e. The molecular formula is C22H28Cl2N2O3S. The first kappa shape index (κ1) is 24.5. The number of carbonyl (C=O) groups excluding carboxylic acids is 1. The van der Waals surface area contributed by atoms with E-state index in [4.69, 9.17) is 23.2 Å². The van der Waals surface area contributed by atoms with Crippen LogP contribution in [0.5, 0.6) is 0 Å². The van der Waals surface area contributed by atoms with E-state index in [1.165, 1.54) is 17.7 Å². The van der Waals surface area contributed by atoms with Crippen molar-refractivity contribution in [1.29, 1.82) is 0 Å². The second kappa shape index (κ2) is 9.58. The zero-order chi connectivity index (χ0) is 22.8. The second-order valence-electron chi connectivity index (χ2n) is 7.60. The highest BCUT2D eigenvalue weighted by Gasteiger charge is 2.33. The molecule has 2 aromatic rings. The van der Waals surface area contributed by atoms with Gasteiger partial charge in [0.1, 0.15) is 6.04 Å². The van der Waals surface area contributed by atoms with E-state index in [0.29, 0.717) is 5.02 Å². The van der Waals surface area contributed by atoms with Crippen LogP contribution < -0.4 is 9.62 Å². The molecular weight excluding hydrogens is 443 g/mol. The molecule has 0 unspecified atom stereocenters. The quantitative estimate of drug-likeness (QED) is 0.593. The molecule has 0 aromatic heterocycles. The second-order valence-corrected chi connectivity index (χ2v) is 10.3. The van der Waals surface area contributed by atoms with Crippen LogP contribution >= 0.6 is 23.2 Å². The third kappa shape index (κ3) is 5.48. The fourth-order valence-electron chi connectivity index (χ4n) is 3.53. The standard InChI is InChI=1S/C22H28Cl2N2O3S/c1-7-20(26(30(6,28)29)21-12-17(23)8-9-19(21)24)22(27)25-16(5)18-11-14(3)13(2)10-15(18)4/h8-12,16,20H,7H2,1-6H3,(H,25,27)/t16-,20-/m1/s1. The van der Waals surface area contributed by atoms with Crippen molar-refractivity contribution in [2.45, 2.75) is 53.1 Å². The van der Waals surface area contributed by atoms with Crippen LogP contribution in [0, 0.1) is 20.8 Å². The van der Waals surface area contributed by atoms with E-state index in [-0.39, 0.29) is 23.2 Å². The maximum atomic E-state index is 13.2. The number of hydrogen-bond donors (Lipinski definition) is 1. The van der Waals surface area contributed by atoms with Crippen LogP contribution in [0.25, 0.3) is 0 Å². The smallest absolute Gasteiger partial charge is 0.244 e. The Bertz CT molecular complexity index is 1050. The Morgan fingerprint density at radius 1 is 1.07 bits per heavy atom. The van der Waals surface area contributed by atoms with E-state index < -0.39 is 22.0 Å². The zero-order valence-corrected chi connectivity index (χ0v) is 20.4. The highest BCUT2D eigenvalue weighted by Crippen LogP contribution is 2.33. The number of anilines is 1. The van der Waals surface area contributed by atoms with Crippen LogP contribution in [-0.2, 0) is 14.8 Å². The minimum absolute atomic E-state index is 0.184. The lowest BCUT2D eigenvalue weighted by atomic mass is 9.96. The van der Waals surface area contributed by atoms with Gasteiger partial charge < -0.3 is 5.32 Å². The fourth-order valence-corrected chi connectivity index (χ4v) is 5.17. The van der Waals surface area contributed by atoms with E-state index in [2.05, 4.69) is 17.4 Å². The summed E-state index contributed by atoms with van der Waals surface area (Å²) in [6, 6.07) is 7.42. The van der Waals surface area contributed by atoms with Crippen LogP contribution in [0.2, 0.25) is 10.0 Å². The molecule has 0 aliphatic rings. The van der Waals surface area contributed by atoms with E-state index >= 15 is 0 Å². The summed E-state index contributed by atoms with van der Waals surface area (Å²) in [5.74, 6) is -0.399. The molecule has 2 atom stereocenters. The molecule has 164 valence electrons. The molecule has 8 heteroatoms. The molecule has 1 N–H and O–H groups in total. The highest BCUT2D eigenvalue weighted by atomic mass is 35.5. The fraction of sp³-hybridized carbons (Fsp3) is 0.409. The van der Waals surface area contributed by atoms with Crippen LogP contribution in [0.3, 0.4) is 0 Å². The Morgan fingerprint density at radius 2 is 1.67 bits per heavy atom. The van der Waals surface area contributed by atoms with Crippen molar-refractivity contribution in [3.05, 3.63) is 62.6 Å². The largest absolute Gasteiger partial charge is 0.348 e. The number of sulfonamides is 1. The normalized spacial score (nSPS) is 13.6. The molecule has 0 radical (unpaired) electrons. The summed E-state index contributed by atoms with van der Waals surface area (Å²) in [5, 5.41) is 3.50.